The Hall–Kier alpha value is -1.10. The lowest BCUT2D eigenvalue weighted by Crippen LogP contribution is -2.50. The van der Waals surface area contributed by atoms with Crippen LogP contribution in [0.25, 0.3) is 0 Å². The molecule has 21 heavy (non-hydrogen) atoms. The predicted molar refractivity (Wildman–Crippen MR) is 84.0 cm³/mol. The molecule has 1 aromatic carbocycles. The van der Waals surface area contributed by atoms with Gasteiger partial charge in [0.1, 0.15) is 6.29 Å². The van der Waals surface area contributed by atoms with Crippen LogP contribution in [0.3, 0.4) is 0 Å². The van der Waals surface area contributed by atoms with Crippen LogP contribution in [0.4, 0.5) is 5.69 Å². The number of ether oxygens (including phenoxy) is 1. The van der Waals surface area contributed by atoms with Gasteiger partial charge in [-0.25, -0.2) is 0 Å². The molecule has 0 saturated carbocycles. The van der Waals surface area contributed by atoms with E-state index in [9.17, 15) is 4.79 Å². The summed E-state index contributed by atoms with van der Waals surface area (Å²) in [6.45, 7) is 5.90. The topological polar surface area (TPSA) is 32.8 Å². The van der Waals surface area contributed by atoms with Crippen molar-refractivity contribution in [3.63, 3.8) is 0 Å². The number of para-hydroxylation sites is 1. The highest BCUT2D eigenvalue weighted by molar-refractivity contribution is 6.33. The molecule has 0 amide bonds. The zero-order valence-electron chi connectivity index (χ0n) is 12.1. The second-order valence-electron chi connectivity index (χ2n) is 6.00. The molecule has 2 aliphatic heterocycles. The van der Waals surface area contributed by atoms with Gasteiger partial charge in [-0.15, -0.1) is 0 Å². The third kappa shape index (κ3) is 3.23. The molecule has 1 aromatic rings. The van der Waals surface area contributed by atoms with Crippen LogP contribution in [0.5, 0.6) is 0 Å². The monoisotopic (exact) mass is 308 g/mol. The van der Waals surface area contributed by atoms with E-state index in [1.165, 1.54) is 0 Å². The third-order valence-corrected chi connectivity index (χ3v) is 4.81. The third-order valence-electron chi connectivity index (χ3n) is 4.49. The number of halogens is 1. The van der Waals surface area contributed by atoms with Gasteiger partial charge in [-0.3, -0.25) is 4.90 Å². The molecule has 1 unspecified atom stereocenters. The van der Waals surface area contributed by atoms with Crippen LogP contribution in [0, 0.1) is 5.41 Å². The number of aldehydes is 1. The first kappa shape index (κ1) is 14.8. The summed E-state index contributed by atoms with van der Waals surface area (Å²) in [7, 11) is 0. The highest BCUT2D eigenvalue weighted by Gasteiger charge is 2.37. The molecule has 0 aliphatic carbocycles. The average molecular weight is 309 g/mol. The Bertz CT molecular complexity index is 495. The quantitative estimate of drug-likeness (QED) is 0.797. The summed E-state index contributed by atoms with van der Waals surface area (Å²) in [5.41, 5.74) is 0.820. The molecular weight excluding hydrogens is 288 g/mol. The van der Waals surface area contributed by atoms with Gasteiger partial charge in [-0.1, -0.05) is 23.7 Å². The summed E-state index contributed by atoms with van der Waals surface area (Å²) >= 11 is 6.26. The molecule has 1 atom stereocenters. The van der Waals surface area contributed by atoms with Crippen molar-refractivity contribution in [1.29, 1.82) is 0 Å². The van der Waals surface area contributed by atoms with E-state index in [0.29, 0.717) is 13.2 Å². The average Bonchev–Trinajstić information content (AvgIpc) is 2.98. The first-order valence-electron chi connectivity index (χ1n) is 7.48. The second kappa shape index (κ2) is 6.34. The van der Waals surface area contributed by atoms with Gasteiger partial charge < -0.3 is 14.4 Å². The Morgan fingerprint density at radius 3 is 2.62 bits per heavy atom. The van der Waals surface area contributed by atoms with Crippen LogP contribution >= 0.6 is 11.6 Å². The zero-order valence-corrected chi connectivity index (χ0v) is 12.9. The molecule has 0 bridgehead atoms. The van der Waals surface area contributed by atoms with Crippen molar-refractivity contribution in [2.45, 2.75) is 6.42 Å². The molecule has 2 fully saturated rings. The van der Waals surface area contributed by atoms with Crippen molar-refractivity contribution in [2.24, 2.45) is 5.41 Å². The number of hydrogen-bond donors (Lipinski definition) is 0. The standard InChI is InChI=1S/C16H21ClN2O2/c17-14-3-1-2-4-15(14)19-8-6-18(7-9-19)11-16(12-20)5-10-21-13-16/h1-4,12H,5-11,13H2. The van der Waals surface area contributed by atoms with Crippen molar-refractivity contribution in [3.8, 4) is 0 Å². The van der Waals surface area contributed by atoms with E-state index in [4.69, 9.17) is 16.3 Å². The van der Waals surface area contributed by atoms with Gasteiger partial charge in [0.15, 0.2) is 0 Å². The molecular formula is C16H21ClN2O2. The molecule has 0 N–H and O–H groups in total. The maximum atomic E-state index is 11.4. The molecule has 4 nitrogen and oxygen atoms in total. The van der Waals surface area contributed by atoms with Crippen molar-refractivity contribution in [3.05, 3.63) is 29.3 Å². The second-order valence-corrected chi connectivity index (χ2v) is 6.40. The van der Waals surface area contributed by atoms with E-state index < -0.39 is 0 Å². The largest absolute Gasteiger partial charge is 0.380 e. The van der Waals surface area contributed by atoms with Crippen molar-refractivity contribution < 1.29 is 9.53 Å². The number of carbonyl (C=O) groups excluding carboxylic acids is 1. The maximum Gasteiger partial charge on any atom is 0.129 e. The Labute approximate surface area is 130 Å². The summed E-state index contributed by atoms with van der Waals surface area (Å²) < 4.78 is 5.41. The SMILES string of the molecule is O=CC1(CN2CCN(c3ccccc3Cl)CC2)CCOC1. The number of anilines is 1. The lowest BCUT2D eigenvalue weighted by Gasteiger charge is -2.39. The van der Waals surface area contributed by atoms with Crippen LogP contribution in [0.15, 0.2) is 24.3 Å². The number of rotatable bonds is 4. The van der Waals surface area contributed by atoms with Gasteiger partial charge in [-0.05, 0) is 18.6 Å². The molecule has 2 aliphatic rings. The number of carbonyl (C=O) groups is 1. The predicted octanol–water partition coefficient (Wildman–Crippen LogP) is 2.07. The van der Waals surface area contributed by atoms with E-state index in [1.54, 1.807) is 0 Å². The number of hydrogen-bond acceptors (Lipinski definition) is 4. The van der Waals surface area contributed by atoms with Crippen LogP contribution in [-0.2, 0) is 9.53 Å². The van der Waals surface area contributed by atoms with Crippen LogP contribution in [-0.4, -0.2) is 57.1 Å². The Balaban J connectivity index is 1.58. The lowest BCUT2D eigenvalue weighted by molar-refractivity contribution is -0.117. The van der Waals surface area contributed by atoms with E-state index in [2.05, 4.69) is 15.9 Å². The fourth-order valence-electron chi connectivity index (χ4n) is 3.18. The summed E-state index contributed by atoms with van der Waals surface area (Å²) in [6.07, 6.45) is 1.95. The highest BCUT2D eigenvalue weighted by Crippen LogP contribution is 2.29. The molecule has 3 rings (SSSR count). The molecule has 114 valence electrons. The first-order chi connectivity index (χ1) is 10.2. The van der Waals surface area contributed by atoms with Gasteiger partial charge >= 0.3 is 0 Å². The summed E-state index contributed by atoms with van der Waals surface area (Å²) in [4.78, 5) is 16.1. The summed E-state index contributed by atoms with van der Waals surface area (Å²) in [5.74, 6) is 0. The maximum absolute atomic E-state index is 11.4. The minimum absolute atomic E-state index is 0.285. The van der Waals surface area contributed by atoms with Crippen molar-refractivity contribution in [1.82, 2.24) is 4.90 Å². The van der Waals surface area contributed by atoms with Crippen LogP contribution < -0.4 is 4.90 Å². The summed E-state index contributed by atoms with van der Waals surface area (Å²) in [5, 5.41) is 0.805. The van der Waals surface area contributed by atoms with Gasteiger partial charge in [0.2, 0.25) is 0 Å². The van der Waals surface area contributed by atoms with E-state index in [-0.39, 0.29) is 5.41 Å². The van der Waals surface area contributed by atoms with E-state index in [0.717, 1.165) is 56.1 Å². The van der Waals surface area contributed by atoms with E-state index in [1.807, 2.05) is 18.2 Å². The molecule has 0 spiro atoms. The van der Waals surface area contributed by atoms with Gasteiger partial charge in [0.25, 0.3) is 0 Å². The number of piperazine rings is 1. The Morgan fingerprint density at radius 2 is 2.00 bits per heavy atom. The van der Waals surface area contributed by atoms with Crippen molar-refractivity contribution in [2.75, 3.05) is 50.8 Å². The van der Waals surface area contributed by atoms with Gasteiger partial charge in [-0.2, -0.15) is 0 Å². The van der Waals surface area contributed by atoms with Crippen molar-refractivity contribution >= 4 is 23.6 Å². The lowest BCUT2D eigenvalue weighted by atomic mass is 9.88. The Morgan fingerprint density at radius 1 is 1.24 bits per heavy atom. The zero-order chi connectivity index (χ0) is 14.7. The smallest absolute Gasteiger partial charge is 0.129 e. The highest BCUT2D eigenvalue weighted by atomic mass is 35.5. The molecule has 0 aromatic heterocycles. The fraction of sp³-hybridized carbons (Fsp3) is 0.562. The minimum atomic E-state index is -0.285. The van der Waals surface area contributed by atoms with E-state index >= 15 is 0 Å². The summed E-state index contributed by atoms with van der Waals surface area (Å²) in [6, 6.07) is 7.97. The first-order valence-corrected chi connectivity index (χ1v) is 7.86. The van der Waals surface area contributed by atoms with Crippen LogP contribution in [0.2, 0.25) is 5.02 Å². The number of nitrogens with zero attached hydrogens (tertiary/aromatic N) is 2. The Kier molecular flexibility index (Phi) is 4.48. The van der Waals surface area contributed by atoms with Gasteiger partial charge in [0.05, 0.1) is 22.7 Å². The molecule has 5 heteroatoms. The molecule has 0 radical (unpaired) electrons. The number of benzene rings is 1. The fourth-order valence-corrected chi connectivity index (χ4v) is 3.43. The minimum Gasteiger partial charge on any atom is -0.380 e. The van der Waals surface area contributed by atoms with Gasteiger partial charge in [0, 0.05) is 39.3 Å². The normalized spacial score (nSPS) is 27.0. The van der Waals surface area contributed by atoms with Crippen LogP contribution in [0.1, 0.15) is 6.42 Å². The molecule has 2 saturated heterocycles. The molecule has 2 heterocycles.